The molecule has 2 amide bonds. The van der Waals surface area contributed by atoms with Gasteiger partial charge in [-0.05, 0) is 86.8 Å². The molecule has 3 aliphatic carbocycles. The number of aromatic nitrogens is 3. The molecule has 37 heavy (non-hydrogen) atoms. The van der Waals surface area contributed by atoms with Gasteiger partial charge in [0.25, 0.3) is 5.91 Å². The number of hydrogen-bond acceptors (Lipinski definition) is 5. The van der Waals surface area contributed by atoms with Crippen LogP contribution in [0.15, 0.2) is 30.6 Å². The van der Waals surface area contributed by atoms with Crippen LogP contribution in [0, 0.1) is 17.3 Å². The predicted octanol–water partition coefficient (Wildman–Crippen LogP) is 4.68. The molecule has 4 fully saturated rings. The van der Waals surface area contributed by atoms with Crippen molar-refractivity contribution in [2.24, 2.45) is 24.3 Å². The molecule has 1 spiro atoms. The zero-order chi connectivity index (χ0) is 25.6. The van der Waals surface area contributed by atoms with E-state index >= 15 is 0 Å². The van der Waals surface area contributed by atoms with E-state index in [1.807, 2.05) is 6.07 Å². The number of hydrogen-bond donors (Lipinski definition) is 2. The number of carbonyl (C=O) groups excluding carboxylic acids is 2. The maximum absolute atomic E-state index is 13.8. The zero-order valence-corrected chi connectivity index (χ0v) is 22.2. The Morgan fingerprint density at radius 1 is 1.03 bits per heavy atom. The third-order valence-electron chi connectivity index (χ3n) is 9.91. The van der Waals surface area contributed by atoms with Crippen LogP contribution in [0.3, 0.4) is 0 Å². The second-order valence-electron chi connectivity index (χ2n) is 12.2. The van der Waals surface area contributed by atoms with Gasteiger partial charge in [-0.25, -0.2) is 4.98 Å². The molecule has 6 rings (SSSR count). The van der Waals surface area contributed by atoms with Gasteiger partial charge in [-0.2, -0.15) is 5.10 Å². The second-order valence-corrected chi connectivity index (χ2v) is 12.2. The molecule has 0 bridgehead atoms. The molecule has 2 N–H and O–H groups in total. The van der Waals surface area contributed by atoms with Gasteiger partial charge in [0.15, 0.2) is 0 Å². The second kappa shape index (κ2) is 9.44. The molecular formula is C29H40N6O2. The van der Waals surface area contributed by atoms with E-state index < -0.39 is 6.04 Å². The summed E-state index contributed by atoms with van der Waals surface area (Å²) in [5.41, 5.74) is 1.54. The van der Waals surface area contributed by atoms with Crippen molar-refractivity contribution in [2.45, 2.75) is 89.1 Å². The summed E-state index contributed by atoms with van der Waals surface area (Å²) in [5.74, 6) is 1.20. The van der Waals surface area contributed by atoms with Gasteiger partial charge < -0.3 is 15.5 Å². The molecule has 2 aromatic heterocycles. The minimum absolute atomic E-state index is 0.0975. The largest absolute Gasteiger partial charge is 0.351 e. The fraction of sp³-hybridized carbons (Fsp3) is 0.655. The van der Waals surface area contributed by atoms with Crippen molar-refractivity contribution in [3.63, 3.8) is 0 Å². The van der Waals surface area contributed by atoms with Crippen molar-refractivity contribution in [1.29, 1.82) is 0 Å². The first-order chi connectivity index (χ1) is 17.9. The molecule has 0 radical (unpaired) electrons. The van der Waals surface area contributed by atoms with E-state index in [4.69, 9.17) is 4.98 Å². The van der Waals surface area contributed by atoms with Crippen molar-refractivity contribution in [1.82, 2.24) is 20.1 Å². The molecule has 3 heterocycles. The number of carbonyl (C=O) groups is 2. The van der Waals surface area contributed by atoms with Crippen LogP contribution in [-0.2, 0) is 11.8 Å². The van der Waals surface area contributed by atoms with Gasteiger partial charge in [-0.1, -0.05) is 26.2 Å². The summed E-state index contributed by atoms with van der Waals surface area (Å²) in [5, 5.41) is 10.4. The number of aryl methyl sites for hydroxylation is 1. The number of amides is 2. The molecule has 1 aliphatic heterocycles. The molecule has 8 heteroatoms. The van der Waals surface area contributed by atoms with Crippen LogP contribution in [0.5, 0.6) is 0 Å². The average molecular weight is 505 g/mol. The van der Waals surface area contributed by atoms with Crippen LogP contribution < -0.4 is 15.5 Å². The zero-order valence-electron chi connectivity index (χ0n) is 22.2. The maximum Gasteiger partial charge on any atom is 0.270 e. The Morgan fingerprint density at radius 2 is 1.81 bits per heavy atom. The molecule has 2 aromatic rings. The molecule has 198 valence electrons. The lowest BCUT2D eigenvalue weighted by Gasteiger charge is -2.54. The van der Waals surface area contributed by atoms with Crippen LogP contribution in [0.25, 0.3) is 0 Å². The summed E-state index contributed by atoms with van der Waals surface area (Å²) in [6.45, 7) is 3.33. The Bertz CT molecular complexity index is 1150. The highest BCUT2D eigenvalue weighted by Gasteiger charge is 2.54. The normalized spacial score (nSPS) is 23.5. The molecule has 4 aliphatic rings. The van der Waals surface area contributed by atoms with Crippen LogP contribution in [-0.4, -0.2) is 44.7 Å². The lowest BCUT2D eigenvalue weighted by Crippen LogP contribution is -2.56. The van der Waals surface area contributed by atoms with Gasteiger partial charge in [-0.3, -0.25) is 14.3 Å². The van der Waals surface area contributed by atoms with Crippen LogP contribution in [0.2, 0.25) is 0 Å². The number of anilines is 2. The lowest BCUT2D eigenvalue weighted by atomic mass is 9.66. The highest BCUT2D eigenvalue weighted by molar-refractivity contribution is 6.00. The van der Waals surface area contributed by atoms with Crippen molar-refractivity contribution < 1.29 is 9.59 Å². The first-order valence-corrected chi connectivity index (χ1v) is 14.2. The van der Waals surface area contributed by atoms with Crippen LogP contribution in [0.1, 0.15) is 88.0 Å². The van der Waals surface area contributed by atoms with Gasteiger partial charge >= 0.3 is 0 Å². The maximum atomic E-state index is 13.8. The topological polar surface area (TPSA) is 92.1 Å². The highest BCUT2D eigenvalue weighted by Crippen LogP contribution is 2.58. The van der Waals surface area contributed by atoms with E-state index in [1.54, 1.807) is 30.2 Å². The van der Waals surface area contributed by atoms with Gasteiger partial charge in [0.2, 0.25) is 5.91 Å². The molecule has 0 aromatic carbocycles. The molecular weight excluding hydrogens is 464 g/mol. The number of nitrogens with zero attached hydrogens (tertiary/aromatic N) is 4. The monoisotopic (exact) mass is 504 g/mol. The Labute approximate surface area is 219 Å². The van der Waals surface area contributed by atoms with E-state index in [0.29, 0.717) is 22.8 Å². The summed E-state index contributed by atoms with van der Waals surface area (Å²) in [6, 6.07) is 5.12. The Balaban J connectivity index is 1.21. The van der Waals surface area contributed by atoms with Gasteiger partial charge in [0, 0.05) is 25.3 Å². The minimum atomic E-state index is -0.597. The van der Waals surface area contributed by atoms with Crippen molar-refractivity contribution >= 4 is 23.3 Å². The molecule has 3 saturated carbocycles. The highest BCUT2D eigenvalue weighted by atomic mass is 16.2. The van der Waals surface area contributed by atoms with E-state index in [0.717, 1.165) is 38.0 Å². The Hall–Kier alpha value is -2.90. The van der Waals surface area contributed by atoms with Gasteiger partial charge in [0.1, 0.15) is 17.6 Å². The quantitative estimate of drug-likeness (QED) is 0.545. The van der Waals surface area contributed by atoms with Crippen LogP contribution in [0.4, 0.5) is 11.5 Å². The van der Waals surface area contributed by atoms with Gasteiger partial charge in [-0.15, -0.1) is 0 Å². The lowest BCUT2D eigenvalue weighted by molar-refractivity contribution is -0.121. The average Bonchev–Trinajstić information content (AvgIpc) is 3.44. The smallest absolute Gasteiger partial charge is 0.270 e. The summed E-state index contributed by atoms with van der Waals surface area (Å²) in [4.78, 5) is 34.3. The fourth-order valence-electron chi connectivity index (χ4n) is 7.10. The third kappa shape index (κ3) is 4.53. The number of piperidine rings is 1. The summed E-state index contributed by atoms with van der Waals surface area (Å²) >= 11 is 0. The summed E-state index contributed by atoms with van der Waals surface area (Å²) in [7, 11) is 1.75. The first kappa shape index (κ1) is 24.4. The van der Waals surface area contributed by atoms with Crippen molar-refractivity contribution in [2.75, 3.05) is 16.8 Å². The van der Waals surface area contributed by atoms with Crippen molar-refractivity contribution in [3.05, 3.63) is 36.3 Å². The van der Waals surface area contributed by atoms with E-state index in [1.165, 1.54) is 44.9 Å². The molecule has 8 nitrogen and oxygen atoms in total. The van der Waals surface area contributed by atoms with E-state index in [-0.39, 0.29) is 23.1 Å². The van der Waals surface area contributed by atoms with Gasteiger partial charge in [0.05, 0.1) is 11.9 Å². The Morgan fingerprint density at radius 3 is 2.38 bits per heavy atom. The first-order valence-electron chi connectivity index (χ1n) is 14.2. The number of pyridine rings is 1. The number of nitrogens with one attached hydrogen (secondary N) is 2. The SMILES string of the molecule is Cn1nccc1C(=O)N[C@H](C(=O)Nc1ccc(N2CCCCC23CCC3)nc1)C(C1CCC1)C1(C)CC1. The molecule has 1 unspecified atom stereocenters. The summed E-state index contributed by atoms with van der Waals surface area (Å²) < 4.78 is 1.56. The molecule has 1 saturated heterocycles. The van der Waals surface area contributed by atoms with E-state index in [9.17, 15) is 9.59 Å². The van der Waals surface area contributed by atoms with E-state index in [2.05, 4.69) is 33.6 Å². The standard InChI is InChI=1S/C29H40N6O2/c1-28(15-16-28)24(20-7-5-8-20)25(33-26(36)22-11-17-31-34(22)2)27(37)32-21-9-10-23(30-19-21)35-18-4-3-12-29(35)13-6-14-29/h9-11,17,19-20,24-25H,3-8,12-16,18H2,1-2H3,(H,32,37)(H,33,36)/t24?,25-/m0/s1. The predicted molar refractivity (Wildman–Crippen MR) is 143 cm³/mol. The van der Waals surface area contributed by atoms with Crippen LogP contribution >= 0.6 is 0 Å². The minimum Gasteiger partial charge on any atom is -0.351 e. The third-order valence-corrected chi connectivity index (χ3v) is 9.91. The fourth-order valence-corrected chi connectivity index (χ4v) is 7.10. The molecule has 2 atom stereocenters. The van der Waals surface area contributed by atoms with Crippen molar-refractivity contribution in [3.8, 4) is 0 Å². The number of rotatable bonds is 8. The Kier molecular flexibility index (Phi) is 6.24. The summed E-state index contributed by atoms with van der Waals surface area (Å²) in [6.07, 6.45) is 16.6.